The molecule has 2 amide bonds. The standard InChI is InChI=1S/C14H14ClF3N4O2/c15-7-1-2-8-9(5-7)10(6-11(23)21-13(19)20)22(12(8)24)4-3-14(16,17)18/h1-2,5,10H,3-4,6H2,(H4,19,20,21,23)/t10-/m1/s1. The Morgan fingerprint density at radius 3 is 2.58 bits per heavy atom. The van der Waals surface area contributed by atoms with Gasteiger partial charge in [-0.05, 0) is 23.8 Å². The van der Waals surface area contributed by atoms with Gasteiger partial charge in [0.15, 0.2) is 5.96 Å². The molecular formula is C14H14ClF3N4O2. The molecule has 0 radical (unpaired) electrons. The van der Waals surface area contributed by atoms with Crippen LogP contribution >= 0.6 is 11.6 Å². The summed E-state index contributed by atoms with van der Waals surface area (Å²) in [6, 6.07) is 3.44. The maximum Gasteiger partial charge on any atom is 0.390 e. The molecule has 4 N–H and O–H groups in total. The predicted molar refractivity (Wildman–Crippen MR) is 81.3 cm³/mol. The zero-order chi connectivity index (χ0) is 18.1. The van der Waals surface area contributed by atoms with E-state index in [9.17, 15) is 22.8 Å². The Morgan fingerprint density at radius 1 is 1.33 bits per heavy atom. The van der Waals surface area contributed by atoms with E-state index in [0.717, 1.165) is 4.90 Å². The predicted octanol–water partition coefficient (Wildman–Crippen LogP) is 1.98. The lowest BCUT2D eigenvalue weighted by Crippen LogP contribution is -2.33. The Balaban J connectivity index is 2.32. The minimum Gasteiger partial charge on any atom is -0.370 e. The second-order valence-corrected chi connectivity index (χ2v) is 5.68. The number of rotatable bonds is 4. The number of fused-ring (bicyclic) bond motifs is 1. The van der Waals surface area contributed by atoms with Crippen molar-refractivity contribution < 1.29 is 22.8 Å². The summed E-state index contributed by atoms with van der Waals surface area (Å²) >= 11 is 5.89. The molecule has 1 aliphatic heterocycles. The largest absolute Gasteiger partial charge is 0.390 e. The maximum atomic E-state index is 12.5. The summed E-state index contributed by atoms with van der Waals surface area (Å²) in [5, 5.41) is 0.304. The average Bonchev–Trinajstić information content (AvgIpc) is 2.67. The number of carbonyl (C=O) groups excluding carboxylic acids is 2. The molecule has 2 rings (SSSR count). The lowest BCUT2D eigenvalue weighted by molar-refractivity contribution is -0.137. The van der Waals surface area contributed by atoms with E-state index in [1.807, 2.05) is 0 Å². The highest BCUT2D eigenvalue weighted by atomic mass is 35.5. The molecule has 0 aliphatic carbocycles. The minimum absolute atomic E-state index is 0.212. The first kappa shape index (κ1) is 18.1. The third-order valence-electron chi connectivity index (χ3n) is 3.50. The number of carbonyl (C=O) groups is 2. The molecule has 0 bridgehead atoms. The summed E-state index contributed by atoms with van der Waals surface area (Å²) in [6.45, 7) is -0.575. The lowest BCUT2D eigenvalue weighted by Gasteiger charge is -2.25. The van der Waals surface area contributed by atoms with Crippen LogP contribution in [-0.4, -0.2) is 35.4 Å². The Morgan fingerprint density at radius 2 is 2.00 bits per heavy atom. The number of benzene rings is 1. The van der Waals surface area contributed by atoms with Gasteiger partial charge >= 0.3 is 6.18 Å². The van der Waals surface area contributed by atoms with E-state index in [1.165, 1.54) is 18.2 Å². The molecule has 1 atom stereocenters. The zero-order valence-corrected chi connectivity index (χ0v) is 13.1. The molecule has 10 heteroatoms. The van der Waals surface area contributed by atoms with Crippen LogP contribution in [0.3, 0.4) is 0 Å². The monoisotopic (exact) mass is 362 g/mol. The quantitative estimate of drug-likeness (QED) is 0.631. The topological polar surface area (TPSA) is 102 Å². The molecule has 1 heterocycles. The van der Waals surface area contributed by atoms with E-state index in [-0.39, 0.29) is 12.0 Å². The molecule has 1 aromatic rings. The van der Waals surface area contributed by atoms with Crippen molar-refractivity contribution in [3.8, 4) is 0 Å². The molecule has 0 fully saturated rings. The fraction of sp³-hybridized carbons (Fsp3) is 0.357. The van der Waals surface area contributed by atoms with Crippen molar-refractivity contribution in [2.75, 3.05) is 6.54 Å². The number of amides is 2. The van der Waals surface area contributed by atoms with Crippen LogP contribution < -0.4 is 11.5 Å². The summed E-state index contributed by atoms with van der Waals surface area (Å²) in [6.07, 6.45) is -5.95. The first-order chi connectivity index (χ1) is 11.1. The van der Waals surface area contributed by atoms with Crippen molar-refractivity contribution in [3.63, 3.8) is 0 Å². The van der Waals surface area contributed by atoms with Crippen LogP contribution in [0.15, 0.2) is 23.2 Å². The van der Waals surface area contributed by atoms with E-state index in [4.69, 9.17) is 23.1 Å². The molecule has 0 unspecified atom stereocenters. The van der Waals surface area contributed by atoms with Gasteiger partial charge in [0, 0.05) is 17.1 Å². The fourth-order valence-corrected chi connectivity index (χ4v) is 2.73. The van der Waals surface area contributed by atoms with Crippen LogP contribution in [-0.2, 0) is 4.79 Å². The first-order valence-corrected chi connectivity index (χ1v) is 7.26. The first-order valence-electron chi connectivity index (χ1n) is 6.88. The summed E-state index contributed by atoms with van der Waals surface area (Å²) in [5.74, 6) is -1.79. The number of nitrogens with two attached hydrogens (primary N) is 2. The molecule has 0 saturated heterocycles. The summed E-state index contributed by atoms with van der Waals surface area (Å²) in [7, 11) is 0. The highest BCUT2D eigenvalue weighted by Crippen LogP contribution is 2.38. The van der Waals surface area contributed by atoms with Crippen LogP contribution in [0, 0.1) is 0 Å². The Labute approximate surface area is 140 Å². The van der Waals surface area contributed by atoms with Gasteiger partial charge in [0.1, 0.15) is 0 Å². The van der Waals surface area contributed by atoms with Gasteiger partial charge < -0.3 is 16.4 Å². The highest BCUT2D eigenvalue weighted by Gasteiger charge is 2.40. The SMILES string of the molecule is NC(N)=NC(=O)C[C@@H]1c2cc(Cl)ccc2C(=O)N1CCC(F)(F)F. The van der Waals surface area contributed by atoms with E-state index < -0.39 is 43.0 Å². The van der Waals surface area contributed by atoms with Crippen LogP contribution in [0.5, 0.6) is 0 Å². The second-order valence-electron chi connectivity index (χ2n) is 5.25. The molecule has 1 aromatic carbocycles. The van der Waals surface area contributed by atoms with Crippen molar-refractivity contribution in [1.82, 2.24) is 4.90 Å². The van der Waals surface area contributed by atoms with E-state index in [0.29, 0.717) is 10.6 Å². The minimum atomic E-state index is -4.43. The van der Waals surface area contributed by atoms with Crippen LogP contribution in [0.4, 0.5) is 13.2 Å². The van der Waals surface area contributed by atoms with E-state index in [2.05, 4.69) is 4.99 Å². The van der Waals surface area contributed by atoms with Crippen LogP contribution in [0.25, 0.3) is 0 Å². The highest BCUT2D eigenvalue weighted by molar-refractivity contribution is 6.30. The molecule has 0 saturated carbocycles. The molecule has 130 valence electrons. The molecule has 24 heavy (non-hydrogen) atoms. The zero-order valence-electron chi connectivity index (χ0n) is 12.3. The summed E-state index contributed by atoms with van der Waals surface area (Å²) in [5.41, 5.74) is 10.8. The smallest absolute Gasteiger partial charge is 0.370 e. The van der Waals surface area contributed by atoms with Gasteiger partial charge in [-0.15, -0.1) is 0 Å². The number of hydrogen-bond acceptors (Lipinski definition) is 2. The van der Waals surface area contributed by atoms with Crippen LogP contribution in [0.1, 0.15) is 34.8 Å². The third-order valence-corrected chi connectivity index (χ3v) is 3.73. The van der Waals surface area contributed by atoms with Gasteiger partial charge in [-0.2, -0.15) is 18.2 Å². The van der Waals surface area contributed by atoms with Crippen molar-refractivity contribution in [2.45, 2.75) is 25.1 Å². The van der Waals surface area contributed by atoms with E-state index in [1.54, 1.807) is 0 Å². The maximum absolute atomic E-state index is 12.5. The fourth-order valence-electron chi connectivity index (χ4n) is 2.55. The van der Waals surface area contributed by atoms with Gasteiger partial charge in [-0.3, -0.25) is 9.59 Å². The van der Waals surface area contributed by atoms with Crippen LogP contribution in [0.2, 0.25) is 5.02 Å². The number of guanidine groups is 1. The number of halogens is 4. The Hall–Kier alpha value is -2.29. The molecule has 6 nitrogen and oxygen atoms in total. The third kappa shape index (κ3) is 4.16. The Bertz CT molecular complexity index is 702. The average molecular weight is 363 g/mol. The number of hydrogen-bond donors (Lipinski definition) is 2. The molecule has 0 aromatic heterocycles. The van der Waals surface area contributed by atoms with E-state index >= 15 is 0 Å². The lowest BCUT2D eigenvalue weighted by atomic mass is 10.0. The van der Waals surface area contributed by atoms with Crippen molar-refractivity contribution in [2.24, 2.45) is 16.5 Å². The van der Waals surface area contributed by atoms with Gasteiger partial charge in [0.2, 0.25) is 0 Å². The normalized spacial score (nSPS) is 16.9. The second kappa shape index (κ2) is 6.68. The molecular weight excluding hydrogens is 349 g/mol. The number of nitrogens with zero attached hydrogens (tertiary/aromatic N) is 2. The van der Waals surface area contributed by atoms with Gasteiger partial charge in [-0.25, -0.2) is 0 Å². The number of aliphatic imine (C=N–C) groups is 1. The Kier molecular flexibility index (Phi) is 5.02. The van der Waals surface area contributed by atoms with Crippen molar-refractivity contribution in [3.05, 3.63) is 34.3 Å². The van der Waals surface area contributed by atoms with Gasteiger partial charge in [0.05, 0.1) is 18.9 Å². The molecule has 1 aliphatic rings. The molecule has 0 spiro atoms. The van der Waals surface area contributed by atoms with Gasteiger partial charge in [-0.1, -0.05) is 11.6 Å². The summed E-state index contributed by atoms with van der Waals surface area (Å²) in [4.78, 5) is 28.5. The number of alkyl halides is 3. The van der Waals surface area contributed by atoms with Crippen molar-refractivity contribution >= 4 is 29.4 Å². The van der Waals surface area contributed by atoms with Gasteiger partial charge in [0.25, 0.3) is 11.8 Å². The van der Waals surface area contributed by atoms with Crippen molar-refractivity contribution in [1.29, 1.82) is 0 Å². The summed E-state index contributed by atoms with van der Waals surface area (Å²) < 4.78 is 37.5.